The van der Waals surface area contributed by atoms with Gasteiger partial charge in [-0.1, -0.05) is 29.8 Å². The zero-order chi connectivity index (χ0) is 18.8. The van der Waals surface area contributed by atoms with Crippen molar-refractivity contribution in [1.29, 1.82) is 0 Å². The van der Waals surface area contributed by atoms with Crippen molar-refractivity contribution in [3.05, 3.63) is 58.7 Å². The fourth-order valence-electron chi connectivity index (χ4n) is 3.39. The number of benzene rings is 2. The lowest BCUT2D eigenvalue weighted by atomic mass is 10.1. The number of amides is 1. The van der Waals surface area contributed by atoms with E-state index in [4.69, 9.17) is 16.6 Å². The summed E-state index contributed by atoms with van der Waals surface area (Å²) in [6.07, 6.45) is 3.41. The van der Waals surface area contributed by atoms with E-state index in [1.807, 2.05) is 49.4 Å². The molecule has 3 aromatic rings. The molecule has 0 spiro atoms. The highest BCUT2D eigenvalue weighted by molar-refractivity contribution is 6.31. The number of para-hydroxylation sites is 2. The SMILES string of the molecule is Cc1c(Cl)cccc1NC(=O)c1nc2ccccc2nc1N1CCCCC1. The molecule has 0 aliphatic carbocycles. The fraction of sp³-hybridized carbons (Fsp3) is 0.286. The van der Waals surface area contributed by atoms with Crippen LogP contribution in [0.25, 0.3) is 11.0 Å². The Morgan fingerprint density at radius 3 is 2.44 bits per heavy atom. The van der Waals surface area contributed by atoms with E-state index >= 15 is 0 Å². The zero-order valence-corrected chi connectivity index (χ0v) is 16.0. The van der Waals surface area contributed by atoms with E-state index in [0.717, 1.165) is 37.0 Å². The van der Waals surface area contributed by atoms with Crippen molar-refractivity contribution in [2.24, 2.45) is 0 Å². The summed E-state index contributed by atoms with van der Waals surface area (Å²) in [5.41, 5.74) is 3.39. The number of nitrogens with zero attached hydrogens (tertiary/aromatic N) is 3. The summed E-state index contributed by atoms with van der Waals surface area (Å²) in [7, 11) is 0. The molecule has 1 N–H and O–H groups in total. The Morgan fingerprint density at radius 2 is 1.70 bits per heavy atom. The first-order chi connectivity index (χ1) is 13.1. The molecular weight excluding hydrogens is 360 g/mol. The second-order valence-electron chi connectivity index (χ2n) is 6.80. The highest BCUT2D eigenvalue weighted by Gasteiger charge is 2.23. The van der Waals surface area contributed by atoms with Crippen LogP contribution in [0.2, 0.25) is 5.02 Å². The molecule has 0 unspecified atom stereocenters. The van der Waals surface area contributed by atoms with Crippen LogP contribution < -0.4 is 10.2 Å². The number of hydrogen-bond donors (Lipinski definition) is 1. The maximum atomic E-state index is 13.1. The first kappa shape index (κ1) is 17.7. The average molecular weight is 381 g/mol. The van der Waals surface area contributed by atoms with E-state index in [0.29, 0.717) is 27.7 Å². The normalized spacial score (nSPS) is 14.4. The van der Waals surface area contributed by atoms with Gasteiger partial charge in [-0.2, -0.15) is 0 Å². The lowest BCUT2D eigenvalue weighted by molar-refractivity contribution is 0.102. The summed E-state index contributed by atoms with van der Waals surface area (Å²) in [6, 6.07) is 13.1. The van der Waals surface area contributed by atoms with E-state index in [2.05, 4.69) is 15.2 Å². The molecule has 0 saturated carbocycles. The predicted octanol–water partition coefficient (Wildman–Crippen LogP) is 4.83. The summed E-state index contributed by atoms with van der Waals surface area (Å²) >= 11 is 6.19. The van der Waals surface area contributed by atoms with E-state index in [1.54, 1.807) is 0 Å². The topological polar surface area (TPSA) is 58.1 Å². The number of hydrogen-bond acceptors (Lipinski definition) is 4. The third-order valence-electron chi connectivity index (χ3n) is 4.94. The number of aromatic nitrogens is 2. The van der Waals surface area contributed by atoms with Gasteiger partial charge in [0.1, 0.15) is 0 Å². The van der Waals surface area contributed by atoms with Gasteiger partial charge >= 0.3 is 0 Å². The summed E-state index contributed by atoms with van der Waals surface area (Å²) in [6.45, 7) is 3.67. The van der Waals surface area contributed by atoms with Gasteiger partial charge in [-0.3, -0.25) is 4.79 Å². The molecule has 1 aliphatic rings. The van der Waals surface area contributed by atoms with Gasteiger partial charge in [0.2, 0.25) is 0 Å². The first-order valence-corrected chi connectivity index (χ1v) is 9.59. The van der Waals surface area contributed by atoms with Crippen molar-refractivity contribution in [2.75, 3.05) is 23.3 Å². The van der Waals surface area contributed by atoms with Gasteiger partial charge in [0.15, 0.2) is 11.5 Å². The second kappa shape index (κ2) is 7.53. The maximum Gasteiger partial charge on any atom is 0.278 e. The highest BCUT2D eigenvalue weighted by Crippen LogP contribution is 2.27. The number of rotatable bonds is 3. The third-order valence-corrected chi connectivity index (χ3v) is 5.35. The van der Waals surface area contributed by atoms with E-state index in [1.165, 1.54) is 6.42 Å². The van der Waals surface area contributed by atoms with Crippen molar-refractivity contribution in [1.82, 2.24) is 9.97 Å². The molecule has 27 heavy (non-hydrogen) atoms. The van der Waals surface area contributed by atoms with Gasteiger partial charge in [0.25, 0.3) is 5.91 Å². The lowest BCUT2D eigenvalue weighted by Gasteiger charge is -2.29. The van der Waals surface area contributed by atoms with Crippen LogP contribution >= 0.6 is 11.6 Å². The Kier molecular flexibility index (Phi) is 4.94. The Balaban J connectivity index is 1.76. The Morgan fingerprint density at radius 1 is 1.00 bits per heavy atom. The number of nitrogens with one attached hydrogen (secondary N) is 1. The van der Waals surface area contributed by atoms with Crippen molar-refractivity contribution >= 4 is 40.0 Å². The summed E-state index contributed by atoms with van der Waals surface area (Å²) in [5.74, 6) is 0.393. The quantitative estimate of drug-likeness (QED) is 0.706. The van der Waals surface area contributed by atoms with Gasteiger partial charge < -0.3 is 10.2 Å². The van der Waals surface area contributed by atoms with Crippen LogP contribution in [-0.4, -0.2) is 29.0 Å². The fourth-order valence-corrected chi connectivity index (χ4v) is 3.57. The summed E-state index contributed by atoms with van der Waals surface area (Å²) < 4.78 is 0. The molecule has 2 aromatic carbocycles. The highest BCUT2D eigenvalue weighted by atomic mass is 35.5. The monoisotopic (exact) mass is 380 g/mol. The zero-order valence-electron chi connectivity index (χ0n) is 15.2. The van der Waals surface area contributed by atoms with Crippen LogP contribution in [0.4, 0.5) is 11.5 Å². The lowest BCUT2D eigenvalue weighted by Crippen LogP contribution is -2.33. The number of halogens is 1. The number of anilines is 2. The average Bonchev–Trinajstić information content (AvgIpc) is 2.71. The molecule has 1 aromatic heterocycles. The smallest absolute Gasteiger partial charge is 0.278 e. The number of carbonyl (C=O) groups excluding carboxylic acids is 1. The summed E-state index contributed by atoms with van der Waals surface area (Å²) in [4.78, 5) is 24.7. The predicted molar refractivity (Wildman–Crippen MR) is 110 cm³/mol. The Hall–Kier alpha value is -2.66. The number of fused-ring (bicyclic) bond motifs is 1. The van der Waals surface area contributed by atoms with Crippen molar-refractivity contribution in [3.8, 4) is 0 Å². The molecule has 1 fully saturated rings. The Bertz CT molecular complexity index is 999. The standard InChI is InChI=1S/C21H21ClN4O/c1-14-15(22)8-7-11-16(14)25-21(27)19-20(26-12-5-2-6-13-26)24-18-10-4-3-9-17(18)23-19/h3-4,7-11H,2,5-6,12-13H2,1H3,(H,25,27). The van der Waals surface area contributed by atoms with Gasteiger partial charge in [-0.15, -0.1) is 0 Å². The van der Waals surface area contributed by atoms with Gasteiger partial charge in [0.05, 0.1) is 11.0 Å². The third kappa shape index (κ3) is 3.60. The van der Waals surface area contributed by atoms with Crippen molar-refractivity contribution in [3.63, 3.8) is 0 Å². The van der Waals surface area contributed by atoms with Crippen LogP contribution in [0, 0.1) is 6.92 Å². The molecule has 0 bridgehead atoms. The van der Waals surface area contributed by atoms with E-state index < -0.39 is 0 Å². The number of piperidine rings is 1. The molecular formula is C21H21ClN4O. The molecule has 4 rings (SSSR count). The minimum atomic E-state index is -0.265. The molecule has 0 atom stereocenters. The van der Waals surface area contributed by atoms with E-state index in [9.17, 15) is 4.79 Å². The number of carbonyl (C=O) groups is 1. The van der Waals surface area contributed by atoms with Crippen LogP contribution in [0.3, 0.4) is 0 Å². The Labute approximate surface area is 163 Å². The largest absolute Gasteiger partial charge is 0.355 e. The van der Waals surface area contributed by atoms with Crippen molar-refractivity contribution in [2.45, 2.75) is 26.2 Å². The molecule has 1 aliphatic heterocycles. The van der Waals surface area contributed by atoms with Crippen LogP contribution in [0.5, 0.6) is 0 Å². The van der Waals surface area contributed by atoms with E-state index in [-0.39, 0.29) is 5.91 Å². The molecule has 0 radical (unpaired) electrons. The molecule has 2 heterocycles. The second-order valence-corrected chi connectivity index (χ2v) is 7.21. The molecule has 6 heteroatoms. The first-order valence-electron chi connectivity index (χ1n) is 9.21. The van der Waals surface area contributed by atoms with Crippen LogP contribution in [-0.2, 0) is 0 Å². The molecule has 138 valence electrons. The van der Waals surface area contributed by atoms with Crippen LogP contribution in [0.1, 0.15) is 35.3 Å². The summed E-state index contributed by atoms with van der Waals surface area (Å²) in [5, 5.41) is 3.58. The van der Waals surface area contributed by atoms with Gasteiger partial charge in [-0.25, -0.2) is 9.97 Å². The van der Waals surface area contributed by atoms with Crippen LogP contribution in [0.15, 0.2) is 42.5 Å². The molecule has 5 nitrogen and oxygen atoms in total. The minimum absolute atomic E-state index is 0.265. The van der Waals surface area contributed by atoms with Gasteiger partial charge in [0, 0.05) is 23.8 Å². The minimum Gasteiger partial charge on any atom is -0.355 e. The van der Waals surface area contributed by atoms with Crippen molar-refractivity contribution < 1.29 is 4.79 Å². The van der Waals surface area contributed by atoms with Gasteiger partial charge in [-0.05, 0) is 56.0 Å². The maximum absolute atomic E-state index is 13.1. The molecule has 1 saturated heterocycles. The molecule has 1 amide bonds.